The Labute approximate surface area is 127 Å². The van der Waals surface area contributed by atoms with Gasteiger partial charge >= 0.3 is 5.69 Å². The molecule has 1 aromatic rings. The number of halogens is 1. The first kappa shape index (κ1) is 16.0. The van der Waals surface area contributed by atoms with Crippen LogP contribution in [0.15, 0.2) is 24.3 Å². The van der Waals surface area contributed by atoms with Gasteiger partial charge in [-0.05, 0) is 18.9 Å². The fourth-order valence-electron chi connectivity index (χ4n) is 2.78. The maximum Gasteiger partial charge on any atom is 0.310 e. The van der Waals surface area contributed by atoms with E-state index in [0.29, 0.717) is 12.8 Å². The summed E-state index contributed by atoms with van der Waals surface area (Å²) in [5.41, 5.74) is -0.677. The highest BCUT2D eigenvalue weighted by molar-refractivity contribution is 8.13. The molecule has 6 nitrogen and oxygen atoms in total. The minimum absolute atomic E-state index is 0.115. The maximum absolute atomic E-state index is 11.4. The smallest absolute Gasteiger partial charge is 0.310 e. The Bertz CT molecular complexity index is 625. The van der Waals surface area contributed by atoms with Crippen LogP contribution >= 0.6 is 10.7 Å². The van der Waals surface area contributed by atoms with Crippen LogP contribution in [0, 0.1) is 15.5 Å². The summed E-state index contributed by atoms with van der Waals surface area (Å²) < 4.78 is 28.3. The van der Waals surface area contributed by atoms with Gasteiger partial charge in [0.1, 0.15) is 0 Å². The number of nitro benzene ring substituents is 1. The van der Waals surface area contributed by atoms with Crippen molar-refractivity contribution in [3.05, 3.63) is 34.4 Å². The molecule has 0 aromatic heterocycles. The van der Waals surface area contributed by atoms with Crippen molar-refractivity contribution in [1.29, 1.82) is 0 Å². The lowest BCUT2D eigenvalue weighted by Gasteiger charge is -2.27. The number of nitrogens with zero attached hydrogens (tertiary/aromatic N) is 1. The number of para-hydroxylation sites is 2. The predicted octanol–water partition coefficient (Wildman–Crippen LogP) is 3.10. The molecule has 1 saturated carbocycles. The van der Waals surface area contributed by atoms with E-state index in [1.807, 2.05) is 0 Å². The molecule has 1 aliphatic rings. The Hall–Kier alpha value is -1.34. The number of rotatable bonds is 6. The fourth-order valence-corrected chi connectivity index (χ4v) is 4.58. The topological polar surface area (TPSA) is 86.5 Å². The van der Waals surface area contributed by atoms with Crippen molar-refractivity contribution in [2.45, 2.75) is 25.7 Å². The van der Waals surface area contributed by atoms with Crippen LogP contribution in [0.25, 0.3) is 0 Å². The normalized spacial score (nSPS) is 17.6. The van der Waals surface area contributed by atoms with Crippen molar-refractivity contribution in [3.63, 3.8) is 0 Å². The third-order valence-electron chi connectivity index (χ3n) is 3.74. The van der Waals surface area contributed by atoms with Crippen molar-refractivity contribution >= 4 is 25.4 Å². The molecule has 0 N–H and O–H groups in total. The summed E-state index contributed by atoms with van der Waals surface area (Å²) >= 11 is 0. The summed E-state index contributed by atoms with van der Waals surface area (Å²) in [4.78, 5) is 10.4. The third kappa shape index (κ3) is 4.31. The van der Waals surface area contributed by atoms with Gasteiger partial charge in [0.15, 0.2) is 5.75 Å². The van der Waals surface area contributed by atoms with Crippen molar-refractivity contribution in [1.82, 2.24) is 0 Å². The fraction of sp³-hybridized carbons (Fsp3) is 0.538. The summed E-state index contributed by atoms with van der Waals surface area (Å²) in [7, 11) is 1.74. The monoisotopic (exact) mass is 333 g/mol. The van der Waals surface area contributed by atoms with E-state index in [-0.39, 0.29) is 23.8 Å². The molecule has 116 valence electrons. The van der Waals surface area contributed by atoms with Gasteiger partial charge < -0.3 is 4.74 Å². The standard InChI is InChI=1S/C13H16ClNO5S/c14-21(18,19)10-13(7-3-4-8-13)9-20-12-6-2-1-5-11(12)15(16)17/h1-2,5-6H,3-4,7-10H2. The minimum Gasteiger partial charge on any atom is -0.486 e. The predicted molar refractivity (Wildman–Crippen MR) is 79.1 cm³/mol. The molecular formula is C13H16ClNO5S. The van der Waals surface area contributed by atoms with E-state index in [4.69, 9.17) is 15.4 Å². The quantitative estimate of drug-likeness (QED) is 0.453. The SMILES string of the molecule is O=[N+]([O-])c1ccccc1OCC1(CS(=O)(=O)Cl)CCCC1. The highest BCUT2D eigenvalue weighted by Crippen LogP contribution is 2.41. The van der Waals surface area contributed by atoms with Gasteiger partial charge in [-0.15, -0.1) is 0 Å². The molecule has 0 saturated heterocycles. The molecule has 0 atom stereocenters. The maximum atomic E-state index is 11.4. The Morgan fingerprint density at radius 2 is 1.90 bits per heavy atom. The summed E-state index contributed by atoms with van der Waals surface area (Å²) in [5, 5.41) is 10.9. The third-order valence-corrected chi connectivity index (χ3v) is 5.02. The van der Waals surface area contributed by atoms with Gasteiger partial charge in [0.2, 0.25) is 9.05 Å². The van der Waals surface area contributed by atoms with Crippen molar-refractivity contribution in [2.75, 3.05) is 12.4 Å². The molecule has 0 aliphatic heterocycles. The summed E-state index contributed by atoms with van der Waals surface area (Å²) in [6, 6.07) is 6.06. The van der Waals surface area contributed by atoms with E-state index in [1.54, 1.807) is 12.1 Å². The summed E-state index contributed by atoms with van der Waals surface area (Å²) in [5.74, 6) is -0.0110. The van der Waals surface area contributed by atoms with Crippen LogP contribution in [0.4, 0.5) is 5.69 Å². The Morgan fingerprint density at radius 1 is 1.29 bits per heavy atom. The molecule has 21 heavy (non-hydrogen) atoms. The van der Waals surface area contributed by atoms with Crippen LogP contribution in [-0.4, -0.2) is 25.7 Å². The molecule has 8 heteroatoms. The van der Waals surface area contributed by atoms with E-state index in [0.717, 1.165) is 12.8 Å². The second kappa shape index (κ2) is 6.19. The molecule has 0 unspecified atom stereocenters. The first-order valence-electron chi connectivity index (χ1n) is 6.60. The van der Waals surface area contributed by atoms with Gasteiger partial charge in [0.05, 0.1) is 17.3 Å². The van der Waals surface area contributed by atoms with Gasteiger partial charge in [-0.1, -0.05) is 25.0 Å². The number of ether oxygens (including phenoxy) is 1. The van der Waals surface area contributed by atoms with Crippen molar-refractivity contribution in [3.8, 4) is 5.75 Å². The van der Waals surface area contributed by atoms with Crippen LogP contribution < -0.4 is 4.74 Å². The highest BCUT2D eigenvalue weighted by Gasteiger charge is 2.39. The second-order valence-corrected chi connectivity index (χ2v) is 8.18. The Kier molecular flexibility index (Phi) is 4.73. The number of nitro groups is 1. The first-order chi connectivity index (χ1) is 9.81. The van der Waals surface area contributed by atoms with Gasteiger partial charge in [-0.3, -0.25) is 10.1 Å². The molecule has 0 spiro atoms. The lowest BCUT2D eigenvalue weighted by Crippen LogP contribution is -2.32. The van der Waals surface area contributed by atoms with Crippen LogP contribution in [-0.2, 0) is 9.05 Å². The van der Waals surface area contributed by atoms with Crippen LogP contribution in [0.5, 0.6) is 5.75 Å². The molecule has 1 fully saturated rings. The largest absolute Gasteiger partial charge is 0.486 e. The minimum atomic E-state index is -3.64. The van der Waals surface area contributed by atoms with Crippen molar-refractivity contribution < 1.29 is 18.1 Å². The van der Waals surface area contributed by atoms with E-state index >= 15 is 0 Å². The Balaban J connectivity index is 2.15. The van der Waals surface area contributed by atoms with Gasteiger partial charge in [-0.25, -0.2) is 8.42 Å². The zero-order valence-electron chi connectivity index (χ0n) is 11.3. The Morgan fingerprint density at radius 3 is 2.48 bits per heavy atom. The molecule has 0 amide bonds. The van der Waals surface area contributed by atoms with Crippen LogP contribution in [0.2, 0.25) is 0 Å². The van der Waals surface area contributed by atoms with Crippen molar-refractivity contribution in [2.24, 2.45) is 5.41 Å². The van der Waals surface area contributed by atoms with E-state index < -0.39 is 19.4 Å². The molecule has 0 bridgehead atoms. The summed E-state index contributed by atoms with van der Waals surface area (Å²) in [6.07, 6.45) is 3.21. The number of hydrogen-bond donors (Lipinski definition) is 0. The molecule has 1 aromatic carbocycles. The van der Waals surface area contributed by atoms with Gasteiger partial charge in [-0.2, -0.15) is 0 Å². The molecular weight excluding hydrogens is 318 g/mol. The first-order valence-corrected chi connectivity index (χ1v) is 9.08. The lowest BCUT2D eigenvalue weighted by molar-refractivity contribution is -0.386. The van der Waals surface area contributed by atoms with Crippen LogP contribution in [0.1, 0.15) is 25.7 Å². The highest BCUT2D eigenvalue weighted by atomic mass is 35.7. The molecule has 2 rings (SSSR count). The second-order valence-electron chi connectivity index (χ2n) is 5.40. The van der Waals surface area contributed by atoms with Crippen LogP contribution in [0.3, 0.4) is 0 Å². The molecule has 0 radical (unpaired) electrons. The van der Waals surface area contributed by atoms with E-state index in [1.165, 1.54) is 12.1 Å². The molecule has 0 heterocycles. The lowest BCUT2D eigenvalue weighted by atomic mass is 9.90. The summed E-state index contributed by atoms with van der Waals surface area (Å²) in [6.45, 7) is 0.115. The number of hydrogen-bond acceptors (Lipinski definition) is 5. The average molecular weight is 334 g/mol. The zero-order valence-corrected chi connectivity index (χ0v) is 12.9. The van der Waals surface area contributed by atoms with Gasteiger partial charge in [0, 0.05) is 22.2 Å². The van der Waals surface area contributed by atoms with Gasteiger partial charge in [0.25, 0.3) is 0 Å². The zero-order chi connectivity index (χ0) is 15.5. The van der Waals surface area contributed by atoms with E-state index in [2.05, 4.69) is 0 Å². The number of benzene rings is 1. The van der Waals surface area contributed by atoms with E-state index in [9.17, 15) is 18.5 Å². The molecule has 1 aliphatic carbocycles. The average Bonchev–Trinajstić information content (AvgIpc) is 2.83.